The van der Waals surface area contributed by atoms with Crippen LogP contribution in [0, 0.1) is 0 Å². The molecule has 16 heavy (non-hydrogen) atoms. The number of rotatable bonds is 5. The van der Waals surface area contributed by atoms with Crippen LogP contribution in [-0.4, -0.2) is 12.6 Å². The average Bonchev–Trinajstić information content (AvgIpc) is 2.24. The fourth-order valence-corrected chi connectivity index (χ4v) is 2.28. The van der Waals surface area contributed by atoms with Crippen molar-refractivity contribution in [3.05, 3.63) is 34.9 Å². The summed E-state index contributed by atoms with van der Waals surface area (Å²) in [7, 11) is 0. The van der Waals surface area contributed by atoms with Crippen molar-refractivity contribution in [3.63, 3.8) is 0 Å². The maximum absolute atomic E-state index is 5.90. The van der Waals surface area contributed by atoms with Gasteiger partial charge in [-0.05, 0) is 42.9 Å². The highest BCUT2D eigenvalue weighted by Crippen LogP contribution is 2.23. The van der Waals surface area contributed by atoms with E-state index < -0.39 is 0 Å². The molecule has 1 unspecified atom stereocenters. The molecule has 0 spiro atoms. The van der Waals surface area contributed by atoms with E-state index in [9.17, 15) is 0 Å². The molecule has 0 aliphatic heterocycles. The molecule has 1 nitrogen and oxygen atoms in total. The molecule has 0 aromatic heterocycles. The Morgan fingerprint density at radius 2 is 2.00 bits per heavy atom. The highest BCUT2D eigenvalue weighted by Gasteiger charge is 2.18. The largest absolute Gasteiger partial charge is 0.313 e. The van der Waals surface area contributed by atoms with Crippen LogP contribution in [-0.2, 0) is 0 Å². The Morgan fingerprint density at radius 1 is 1.31 bits per heavy atom. The van der Waals surface area contributed by atoms with Crippen LogP contribution in [0.4, 0.5) is 0 Å². The topological polar surface area (TPSA) is 12.0 Å². The second-order valence-corrected chi connectivity index (χ2v) is 5.13. The molecule has 0 saturated heterocycles. The van der Waals surface area contributed by atoms with Crippen molar-refractivity contribution < 1.29 is 0 Å². The van der Waals surface area contributed by atoms with E-state index in [4.69, 9.17) is 11.6 Å². The van der Waals surface area contributed by atoms with Gasteiger partial charge in [0.25, 0.3) is 0 Å². The van der Waals surface area contributed by atoms with Gasteiger partial charge in [-0.1, -0.05) is 37.1 Å². The second-order valence-electron chi connectivity index (χ2n) is 4.69. The predicted molar refractivity (Wildman–Crippen MR) is 70.1 cm³/mol. The van der Waals surface area contributed by atoms with E-state index in [0.717, 1.165) is 17.6 Å². The fraction of sp³-hybridized carbons (Fsp3) is 0.571. The molecule has 0 amide bonds. The molecule has 1 aliphatic carbocycles. The van der Waals surface area contributed by atoms with Crippen LogP contribution in [0.1, 0.15) is 44.1 Å². The summed E-state index contributed by atoms with van der Waals surface area (Å²) >= 11 is 5.90. The van der Waals surface area contributed by atoms with E-state index in [1.54, 1.807) is 0 Å². The first-order valence-corrected chi connectivity index (χ1v) is 6.66. The van der Waals surface area contributed by atoms with Gasteiger partial charge in [-0.3, -0.25) is 0 Å². The monoisotopic (exact) mass is 237 g/mol. The van der Waals surface area contributed by atoms with Gasteiger partial charge in [0, 0.05) is 17.6 Å². The number of hydrogen-bond acceptors (Lipinski definition) is 1. The molecule has 2 heteroatoms. The summed E-state index contributed by atoms with van der Waals surface area (Å²) in [5.74, 6) is 0.623. The van der Waals surface area contributed by atoms with Gasteiger partial charge in [-0.15, -0.1) is 0 Å². The third-order valence-electron chi connectivity index (χ3n) is 3.59. The van der Waals surface area contributed by atoms with Crippen molar-refractivity contribution >= 4 is 11.6 Å². The number of hydrogen-bond donors (Lipinski definition) is 1. The summed E-state index contributed by atoms with van der Waals surface area (Å²) in [6.07, 6.45) is 5.30. The van der Waals surface area contributed by atoms with Crippen LogP contribution >= 0.6 is 11.6 Å². The van der Waals surface area contributed by atoms with Crippen LogP contribution in [0.15, 0.2) is 24.3 Å². The molecule has 1 atom stereocenters. The van der Waals surface area contributed by atoms with Gasteiger partial charge in [-0.2, -0.15) is 0 Å². The van der Waals surface area contributed by atoms with Gasteiger partial charge in [0.05, 0.1) is 0 Å². The molecule has 1 saturated carbocycles. The zero-order chi connectivity index (χ0) is 11.4. The summed E-state index contributed by atoms with van der Waals surface area (Å²) in [5, 5.41) is 4.47. The van der Waals surface area contributed by atoms with Crippen molar-refractivity contribution in [3.8, 4) is 0 Å². The van der Waals surface area contributed by atoms with Gasteiger partial charge in [0.2, 0.25) is 0 Å². The Kier molecular flexibility index (Phi) is 4.25. The zero-order valence-electron chi connectivity index (χ0n) is 9.88. The maximum atomic E-state index is 5.90. The number of benzene rings is 1. The third kappa shape index (κ3) is 2.99. The predicted octanol–water partition coefficient (Wildman–Crippen LogP) is 3.98. The van der Waals surface area contributed by atoms with Crippen LogP contribution < -0.4 is 5.32 Å². The van der Waals surface area contributed by atoms with Gasteiger partial charge in [0.1, 0.15) is 0 Å². The smallest absolute Gasteiger partial charge is 0.0406 e. The lowest BCUT2D eigenvalue weighted by atomic mass is 9.91. The van der Waals surface area contributed by atoms with Crippen molar-refractivity contribution in [2.24, 2.45) is 0 Å². The van der Waals surface area contributed by atoms with Crippen molar-refractivity contribution in [2.45, 2.75) is 44.6 Å². The van der Waals surface area contributed by atoms with Gasteiger partial charge < -0.3 is 5.32 Å². The third-order valence-corrected chi connectivity index (χ3v) is 3.84. The SMILES string of the molecule is CCC(CNC1CCC1)c1ccc(Cl)cc1. The Labute approximate surface area is 103 Å². The van der Waals surface area contributed by atoms with Crippen LogP contribution in [0.3, 0.4) is 0 Å². The molecule has 2 rings (SSSR count). The first-order chi connectivity index (χ1) is 7.79. The van der Waals surface area contributed by atoms with Gasteiger partial charge >= 0.3 is 0 Å². The lowest BCUT2D eigenvalue weighted by Gasteiger charge is -2.28. The van der Waals surface area contributed by atoms with E-state index in [-0.39, 0.29) is 0 Å². The Bertz CT molecular complexity index is 316. The molecule has 88 valence electrons. The Balaban J connectivity index is 1.90. The Hall–Kier alpha value is -0.530. The average molecular weight is 238 g/mol. The van der Waals surface area contributed by atoms with E-state index in [0.29, 0.717) is 5.92 Å². The van der Waals surface area contributed by atoms with E-state index >= 15 is 0 Å². The second kappa shape index (κ2) is 5.70. The van der Waals surface area contributed by atoms with E-state index in [1.807, 2.05) is 12.1 Å². The normalized spacial score (nSPS) is 18.1. The first-order valence-electron chi connectivity index (χ1n) is 6.28. The minimum Gasteiger partial charge on any atom is -0.313 e. The zero-order valence-corrected chi connectivity index (χ0v) is 10.6. The van der Waals surface area contributed by atoms with Crippen molar-refractivity contribution in [2.75, 3.05) is 6.54 Å². The molecule has 1 fully saturated rings. The minimum absolute atomic E-state index is 0.623. The van der Waals surface area contributed by atoms with E-state index in [2.05, 4.69) is 24.4 Å². The molecule has 1 aliphatic rings. The minimum atomic E-state index is 0.623. The molecule has 1 aromatic rings. The number of halogens is 1. The van der Waals surface area contributed by atoms with Crippen molar-refractivity contribution in [1.29, 1.82) is 0 Å². The van der Waals surface area contributed by atoms with Gasteiger partial charge in [-0.25, -0.2) is 0 Å². The highest BCUT2D eigenvalue weighted by atomic mass is 35.5. The van der Waals surface area contributed by atoms with Crippen LogP contribution in [0.25, 0.3) is 0 Å². The highest BCUT2D eigenvalue weighted by molar-refractivity contribution is 6.30. The molecule has 0 bridgehead atoms. The Morgan fingerprint density at radius 3 is 2.50 bits per heavy atom. The standard InChI is InChI=1S/C14H20ClN/c1-2-11(10-16-14-4-3-5-14)12-6-8-13(15)9-7-12/h6-9,11,14,16H,2-5,10H2,1H3. The summed E-state index contributed by atoms with van der Waals surface area (Å²) in [6.45, 7) is 3.35. The van der Waals surface area contributed by atoms with E-state index in [1.165, 1.54) is 31.2 Å². The maximum Gasteiger partial charge on any atom is 0.0406 e. The first kappa shape index (κ1) is 11.9. The fourth-order valence-electron chi connectivity index (χ4n) is 2.15. The van der Waals surface area contributed by atoms with Crippen LogP contribution in [0.2, 0.25) is 5.02 Å². The quantitative estimate of drug-likeness (QED) is 0.817. The van der Waals surface area contributed by atoms with Gasteiger partial charge in [0.15, 0.2) is 0 Å². The summed E-state index contributed by atoms with van der Waals surface area (Å²) in [5.41, 5.74) is 1.40. The molecule has 0 heterocycles. The summed E-state index contributed by atoms with van der Waals surface area (Å²) in [4.78, 5) is 0. The lowest BCUT2D eigenvalue weighted by molar-refractivity contribution is 0.330. The lowest BCUT2D eigenvalue weighted by Crippen LogP contribution is -2.37. The molecular formula is C14H20ClN. The molecular weight excluding hydrogens is 218 g/mol. The van der Waals surface area contributed by atoms with Crippen molar-refractivity contribution in [1.82, 2.24) is 5.32 Å². The number of nitrogens with one attached hydrogen (secondary N) is 1. The molecule has 0 radical (unpaired) electrons. The van der Waals surface area contributed by atoms with Crippen LogP contribution in [0.5, 0.6) is 0 Å². The summed E-state index contributed by atoms with van der Waals surface area (Å²) < 4.78 is 0. The molecule has 1 N–H and O–H groups in total. The summed E-state index contributed by atoms with van der Waals surface area (Å²) in [6, 6.07) is 9.06. The molecule has 1 aromatic carbocycles.